The summed E-state index contributed by atoms with van der Waals surface area (Å²) in [5.74, 6) is 0.534. The molecule has 1 aliphatic heterocycles. The lowest BCUT2D eigenvalue weighted by molar-refractivity contribution is -0.116. The highest BCUT2D eigenvalue weighted by molar-refractivity contribution is 5.94. The second kappa shape index (κ2) is 4.49. The molecule has 0 fully saturated rings. The molecule has 1 aliphatic rings. The summed E-state index contributed by atoms with van der Waals surface area (Å²) in [5.41, 5.74) is 10.7. The molecule has 1 aromatic rings. The number of hydrogen-bond acceptors (Lipinski definition) is 2. The van der Waals surface area contributed by atoms with Crippen molar-refractivity contribution in [3.8, 4) is 0 Å². The van der Waals surface area contributed by atoms with Crippen LogP contribution in [-0.4, -0.2) is 5.91 Å². The molecule has 0 aromatic heterocycles. The number of rotatable bonds is 2. The van der Waals surface area contributed by atoms with Crippen molar-refractivity contribution in [2.24, 2.45) is 11.7 Å². The number of aryl methyl sites for hydroxylation is 2. The average Bonchev–Trinajstić information content (AvgIpc) is 2.28. The number of nitrogens with one attached hydrogen (secondary N) is 1. The summed E-state index contributed by atoms with van der Waals surface area (Å²) in [5, 5.41) is 2.94. The topological polar surface area (TPSA) is 55.1 Å². The standard InChI is InChI=1S/C14H20N2O/c1-8(2)13(15)11-6-9(3)14-10(7-11)4-5-12(17)16-14/h6-8,13H,4-5,15H2,1-3H3,(H,16,17). The SMILES string of the molecule is Cc1cc(C(N)C(C)C)cc2c1NC(=O)CC2. The zero-order valence-electron chi connectivity index (χ0n) is 10.7. The maximum atomic E-state index is 11.4. The number of hydrogen-bond donors (Lipinski definition) is 2. The highest BCUT2D eigenvalue weighted by Crippen LogP contribution is 2.31. The number of nitrogens with two attached hydrogens (primary N) is 1. The summed E-state index contributed by atoms with van der Waals surface area (Å²) in [4.78, 5) is 11.4. The molecule has 0 bridgehead atoms. The van der Waals surface area contributed by atoms with E-state index in [-0.39, 0.29) is 11.9 Å². The molecule has 0 saturated heterocycles. The molecule has 1 heterocycles. The van der Waals surface area contributed by atoms with Gasteiger partial charge in [0.15, 0.2) is 0 Å². The van der Waals surface area contributed by atoms with Gasteiger partial charge in [-0.3, -0.25) is 4.79 Å². The number of amides is 1. The lowest BCUT2D eigenvalue weighted by Crippen LogP contribution is -2.22. The summed E-state index contributed by atoms with van der Waals surface area (Å²) < 4.78 is 0. The maximum absolute atomic E-state index is 11.4. The van der Waals surface area contributed by atoms with Crippen molar-refractivity contribution in [1.29, 1.82) is 0 Å². The third kappa shape index (κ3) is 2.34. The van der Waals surface area contributed by atoms with Gasteiger partial charge >= 0.3 is 0 Å². The van der Waals surface area contributed by atoms with Gasteiger partial charge in [-0.05, 0) is 36.0 Å². The first-order valence-electron chi connectivity index (χ1n) is 6.18. The molecule has 0 radical (unpaired) electrons. The molecule has 3 N–H and O–H groups in total. The van der Waals surface area contributed by atoms with Crippen molar-refractivity contribution in [1.82, 2.24) is 0 Å². The Morgan fingerprint density at radius 3 is 2.65 bits per heavy atom. The van der Waals surface area contributed by atoms with Crippen LogP contribution in [0.4, 0.5) is 5.69 Å². The molecule has 1 unspecified atom stereocenters. The molecule has 3 nitrogen and oxygen atoms in total. The number of carbonyl (C=O) groups excluding carboxylic acids is 1. The average molecular weight is 232 g/mol. The highest BCUT2D eigenvalue weighted by atomic mass is 16.1. The van der Waals surface area contributed by atoms with E-state index in [1.165, 1.54) is 11.1 Å². The Morgan fingerprint density at radius 1 is 1.29 bits per heavy atom. The van der Waals surface area contributed by atoms with Crippen LogP contribution in [0, 0.1) is 12.8 Å². The molecule has 0 saturated carbocycles. The second-order valence-electron chi connectivity index (χ2n) is 5.19. The van der Waals surface area contributed by atoms with Crippen LogP contribution in [0.15, 0.2) is 12.1 Å². The first-order valence-corrected chi connectivity index (χ1v) is 6.18. The first kappa shape index (κ1) is 12.1. The lowest BCUT2D eigenvalue weighted by atomic mass is 9.90. The normalized spacial score (nSPS) is 16.6. The summed E-state index contributed by atoms with van der Waals surface area (Å²) in [7, 11) is 0. The zero-order chi connectivity index (χ0) is 12.6. The van der Waals surface area contributed by atoms with Crippen LogP contribution in [0.5, 0.6) is 0 Å². The van der Waals surface area contributed by atoms with Gasteiger partial charge in [-0.25, -0.2) is 0 Å². The fourth-order valence-corrected chi connectivity index (χ4v) is 2.29. The van der Waals surface area contributed by atoms with Gasteiger partial charge in [0.1, 0.15) is 0 Å². The monoisotopic (exact) mass is 232 g/mol. The van der Waals surface area contributed by atoms with Crippen molar-refractivity contribution in [3.05, 3.63) is 28.8 Å². The summed E-state index contributed by atoms with van der Waals surface area (Å²) in [6, 6.07) is 4.30. The van der Waals surface area contributed by atoms with E-state index < -0.39 is 0 Å². The number of anilines is 1. The Morgan fingerprint density at radius 2 is 2.00 bits per heavy atom. The van der Waals surface area contributed by atoms with Crippen molar-refractivity contribution in [2.45, 2.75) is 39.7 Å². The Balaban J connectivity index is 2.41. The van der Waals surface area contributed by atoms with Gasteiger partial charge < -0.3 is 11.1 Å². The third-order valence-corrected chi connectivity index (χ3v) is 3.43. The minimum Gasteiger partial charge on any atom is -0.326 e. The molecule has 17 heavy (non-hydrogen) atoms. The number of carbonyl (C=O) groups is 1. The fraction of sp³-hybridized carbons (Fsp3) is 0.500. The van der Waals surface area contributed by atoms with Crippen molar-refractivity contribution >= 4 is 11.6 Å². The molecular weight excluding hydrogens is 212 g/mol. The predicted molar refractivity (Wildman–Crippen MR) is 69.9 cm³/mol. The van der Waals surface area contributed by atoms with Crippen LogP contribution in [0.25, 0.3) is 0 Å². The van der Waals surface area contributed by atoms with Crippen molar-refractivity contribution in [3.63, 3.8) is 0 Å². The van der Waals surface area contributed by atoms with E-state index >= 15 is 0 Å². The summed E-state index contributed by atoms with van der Waals surface area (Å²) in [6.07, 6.45) is 1.40. The van der Waals surface area contributed by atoms with Gasteiger partial charge in [0.25, 0.3) is 0 Å². The second-order valence-corrected chi connectivity index (χ2v) is 5.19. The number of benzene rings is 1. The van der Waals surface area contributed by atoms with Crippen molar-refractivity contribution < 1.29 is 4.79 Å². The Labute approximate surface area is 102 Å². The Kier molecular flexibility index (Phi) is 3.20. The van der Waals surface area contributed by atoms with E-state index in [1.807, 2.05) is 6.92 Å². The Hall–Kier alpha value is -1.35. The van der Waals surface area contributed by atoms with Crippen LogP contribution >= 0.6 is 0 Å². The third-order valence-electron chi connectivity index (χ3n) is 3.43. The number of fused-ring (bicyclic) bond motifs is 1. The van der Waals surface area contributed by atoms with Crippen molar-refractivity contribution in [2.75, 3.05) is 5.32 Å². The van der Waals surface area contributed by atoms with Gasteiger partial charge in [-0.2, -0.15) is 0 Å². The first-order chi connectivity index (χ1) is 7.99. The molecule has 92 valence electrons. The minimum absolute atomic E-state index is 0.0663. The smallest absolute Gasteiger partial charge is 0.224 e. The summed E-state index contributed by atoms with van der Waals surface area (Å²) in [6.45, 7) is 6.28. The van der Waals surface area contributed by atoms with Gasteiger partial charge in [0.05, 0.1) is 0 Å². The maximum Gasteiger partial charge on any atom is 0.224 e. The molecular formula is C14H20N2O. The molecule has 1 aromatic carbocycles. The molecule has 0 aliphatic carbocycles. The van der Waals surface area contributed by atoms with E-state index in [0.717, 1.165) is 17.7 Å². The van der Waals surface area contributed by atoms with Gasteiger partial charge in [0, 0.05) is 18.2 Å². The van der Waals surface area contributed by atoms with Crippen LogP contribution in [0.2, 0.25) is 0 Å². The zero-order valence-corrected chi connectivity index (χ0v) is 10.7. The van der Waals surface area contributed by atoms with Gasteiger partial charge in [-0.1, -0.05) is 26.0 Å². The summed E-state index contributed by atoms with van der Waals surface area (Å²) >= 11 is 0. The van der Waals surface area contributed by atoms with Crippen LogP contribution in [0.1, 0.15) is 43.0 Å². The lowest BCUT2D eigenvalue weighted by Gasteiger charge is -2.23. The van der Waals surface area contributed by atoms with Crippen LogP contribution < -0.4 is 11.1 Å². The largest absolute Gasteiger partial charge is 0.326 e. The predicted octanol–water partition coefficient (Wildman–Crippen LogP) is 2.54. The van der Waals surface area contributed by atoms with E-state index in [1.54, 1.807) is 0 Å². The quantitative estimate of drug-likeness (QED) is 0.823. The van der Waals surface area contributed by atoms with E-state index in [2.05, 4.69) is 31.3 Å². The highest BCUT2D eigenvalue weighted by Gasteiger charge is 2.19. The van der Waals surface area contributed by atoms with E-state index in [9.17, 15) is 4.79 Å². The minimum atomic E-state index is 0.0663. The fourth-order valence-electron chi connectivity index (χ4n) is 2.29. The van der Waals surface area contributed by atoms with Crippen LogP contribution in [-0.2, 0) is 11.2 Å². The molecule has 1 atom stereocenters. The molecule has 2 rings (SSSR count). The Bertz CT molecular complexity index is 452. The molecule has 1 amide bonds. The van der Waals surface area contributed by atoms with E-state index in [4.69, 9.17) is 5.73 Å². The van der Waals surface area contributed by atoms with Gasteiger partial charge in [-0.15, -0.1) is 0 Å². The van der Waals surface area contributed by atoms with Crippen LogP contribution in [0.3, 0.4) is 0 Å². The molecule has 3 heteroatoms. The van der Waals surface area contributed by atoms with Gasteiger partial charge in [0.2, 0.25) is 5.91 Å². The molecule has 0 spiro atoms. The van der Waals surface area contributed by atoms with E-state index in [0.29, 0.717) is 12.3 Å².